The van der Waals surface area contributed by atoms with E-state index in [4.69, 9.17) is 4.43 Å². The van der Waals surface area contributed by atoms with E-state index in [9.17, 15) is 0 Å². The summed E-state index contributed by atoms with van der Waals surface area (Å²) in [5.41, 5.74) is 0. The van der Waals surface area contributed by atoms with Crippen molar-refractivity contribution in [1.82, 2.24) is 0 Å². The van der Waals surface area contributed by atoms with Crippen molar-refractivity contribution in [3.8, 4) is 0 Å². The molecule has 0 aliphatic heterocycles. The van der Waals surface area contributed by atoms with Gasteiger partial charge >= 0.3 is 0 Å². The van der Waals surface area contributed by atoms with Gasteiger partial charge in [-0.3, -0.25) is 0 Å². The van der Waals surface area contributed by atoms with E-state index in [1.165, 1.54) is 12.8 Å². The number of hydrogen-bond acceptors (Lipinski definition) is 1. The molecule has 0 N–H and O–H groups in total. The fourth-order valence-corrected chi connectivity index (χ4v) is 2.87. The Kier molecular flexibility index (Phi) is 3.59. The SMILES string of the molecule is CC(C)(C)[Si](C)(C)O[C@@H]1CC=CCC1. The molecule has 0 saturated carbocycles. The third-order valence-corrected chi connectivity index (χ3v) is 8.02. The van der Waals surface area contributed by atoms with E-state index in [1.54, 1.807) is 0 Å². The van der Waals surface area contributed by atoms with Crippen LogP contribution in [0.2, 0.25) is 18.1 Å². The highest BCUT2D eigenvalue weighted by atomic mass is 28.4. The highest BCUT2D eigenvalue weighted by Crippen LogP contribution is 2.38. The van der Waals surface area contributed by atoms with Gasteiger partial charge in [0.25, 0.3) is 0 Å². The van der Waals surface area contributed by atoms with Crippen molar-refractivity contribution >= 4 is 8.32 Å². The molecule has 0 spiro atoms. The summed E-state index contributed by atoms with van der Waals surface area (Å²) in [7, 11) is -1.53. The van der Waals surface area contributed by atoms with Crippen LogP contribution in [0.15, 0.2) is 12.2 Å². The summed E-state index contributed by atoms with van der Waals surface area (Å²) >= 11 is 0. The average Bonchev–Trinajstić information content (AvgIpc) is 2.03. The van der Waals surface area contributed by atoms with Crippen LogP contribution in [-0.4, -0.2) is 14.4 Å². The topological polar surface area (TPSA) is 9.23 Å². The molecular formula is C12H24OSi. The van der Waals surface area contributed by atoms with Gasteiger partial charge in [-0.05, 0) is 37.4 Å². The fourth-order valence-electron chi connectivity index (χ4n) is 1.47. The normalized spacial score (nSPS) is 23.9. The molecule has 2 heteroatoms. The molecule has 0 fully saturated rings. The van der Waals surface area contributed by atoms with Crippen LogP contribution >= 0.6 is 0 Å². The lowest BCUT2D eigenvalue weighted by molar-refractivity contribution is 0.170. The molecule has 1 aliphatic carbocycles. The zero-order chi connectivity index (χ0) is 10.8. The van der Waals surface area contributed by atoms with Crippen LogP contribution in [0, 0.1) is 0 Å². The molecule has 1 rings (SSSR count). The zero-order valence-corrected chi connectivity index (χ0v) is 11.3. The van der Waals surface area contributed by atoms with Gasteiger partial charge in [0.05, 0.1) is 0 Å². The predicted molar refractivity (Wildman–Crippen MR) is 65.1 cm³/mol. The Morgan fingerprint density at radius 2 is 1.86 bits per heavy atom. The van der Waals surface area contributed by atoms with Gasteiger partial charge < -0.3 is 4.43 Å². The summed E-state index contributed by atoms with van der Waals surface area (Å²) in [5, 5.41) is 0.341. The molecule has 0 aromatic heterocycles. The van der Waals surface area contributed by atoms with Gasteiger partial charge in [-0.2, -0.15) is 0 Å². The van der Waals surface area contributed by atoms with Gasteiger partial charge in [-0.15, -0.1) is 0 Å². The van der Waals surface area contributed by atoms with Crippen molar-refractivity contribution in [2.45, 2.75) is 64.3 Å². The minimum absolute atomic E-state index is 0.341. The van der Waals surface area contributed by atoms with Crippen molar-refractivity contribution < 1.29 is 4.43 Å². The van der Waals surface area contributed by atoms with Crippen molar-refractivity contribution in [3.63, 3.8) is 0 Å². The van der Waals surface area contributed by atoms with Gasteiger partial charge in [0.2, 0.25) is 0 Å². The molecule has 1 aliphatic rings. The minimum Gasteiger partial charge on any atom is -0.414 e. The molecule has 1 nitrogen and oxygen atoms in total. The second-order valence-electron chi connectivity index (χ2n) is 5.78. The van der Waals surface area contributed by atoms with Crippen LogP contribution in [-0.2, 0) is 4.43 Å². The molecule has 0 bridgehead atoms. The molecule has 0 saturated heterocycles. The van der Waals surface area contributed by atoms with Crippen LogP contribution in [0.5, 0.6) is 0 Å². The summed E-state index contributed by atoms with van der Waals surface area (Å²) in [5.74, 6) is 0. The van der Waals surface area contributed by atoms with Crippen molar-refractivity contribution in [2.75, 3.05) is 0 Å². The average molecular weight is 212 g/mol. The first-order valence-corrected chi connectivity index (χ1v) is 8.56. The van der Waals surface area contributed by atoms with Gasteiger partial charge in [0.1, 0.15) is 0 Å². The fraction of sp³-hybridized carbons (Fsp3) is 0.833. The van der Waals surface area contributed by atoms with E-state index in [1.807, 2.05) is 0 Å². The van der Waals surface area contributed by atoms with E-state index in [-0.39, 0.29) is 0 Å². The number of hydrogen-bond donors (Lipinski definition) is 0. The third kappa shape index (κ3) is 2.96. The van der Waals surface area contributed by atoms with Gasteiger partial charge in [-0.25, -0.2) is 0 Å². The second-order valence-corrected chi connectivity index (χ2v) is 10.5. The summed E-state index contributed by atoms with van der Waals surface area (Å²) in [4.78, 5) is 0. The lowest BCUT2D eigenvalue weighted by atomic mass is 10.1. The predicted octanol–water partition coefficient (Wildman–Crippen LogP) is 4.12. The Morgan fingerprint density at radius 3 is 2.29 bits per heavy atom. The summed E-state index contributed by atoms with van der Waals surface area (Å²) in [6.07, 6.45) is 8.54. The molecule has 0 heterocycles. The maximum absolute atomic E-state index is 6.33. The standard InChI is InChI=1S/C12H24OSi/c1-12(2,3)14(4,5)13-11-9-7-6-8-10-11/h6-7,11H,8-10H2,1-5H3/t11-/m1/s1. The minimum atomic E-state index is -1.53. The molecule has 0 amide bonds. The second kappa shape index (κ2) is 4.19. The first-order valence-electron chi connectivity index (χ1n) is 5.66. The van der Waals surface area contributed by atoms with Gasteiger partial charge in [-0.1, -0.05) is 32.9 Å². The van der Waals surface area contributed by atoms with E-state index >= 15 is 0 Å². The number of rotatable bonds is 2. The Bertz CT molecular complexity index is 213. The molecule has 0 aromatic rings. The van der Waals surface area contributed by atoms with Gasteiger partial charge in [0.15, 0.2) is 8.32 Å². The van der Waals surface area contributed by atoms with Crippen molar-refractivity contribution in [2.24, 2.45) is 0 Å². The lowest BCUT2D eigenvalue weighted by Crippen LogP contribution is -2.44. The first-order chi connectivity index (χ1) is 6.33. The van der Waals surface area contributed by atoms with E-state index < -0.39 is 8.32 Å². The first kappa shape index (κ1) is 12.0. The summed E-state index contributed by atoms with van der Waals surface area (Å²) < 4.78 is 6.33. The quantitative estimate of drug-likeness (QED) is 0.494. The summed E-state index contributed by atoms with van der Waals surface area (Å²) in [6.45, 7) is 11.6. The molecule has 1 atom stereocenters. The zero-order valence-electron chi connectivity index (χ0n) is 10.3. The van der Waals surface area contributed by atoms with E-state index in [2.05, 4.69) is 46.0 Å². The van der Waals surface area contributed by atoms with Crippen molar-refractivity contribution in [3.05, 3.63) is 12.2 Å². The Labute approximate surface area is 89.7 Å². The monoisotopic (exact) mass is 212 g/mol. The van der Waals surface area contributed by atoms with Crippen LogP contribution in [0.25, 0.3) is 0 Å². The van der Waals surface area contributed by atoms with E-state index in [0.717, 1.165) is 6.42 Å². The highest BCUT2D eigenvalue weighted by molar-refractivity contribution is 6.74. The maximum atomic E-state index is 6.33. The van der Waals surface area contributed by atoms with E-state index in [0.29, 0.717) is 11.1 Å². The van der Waals surface area contributed by atoms with Crippen LogP contribution in [0.1, 0.15) is 40.0 Å². The molecule has 0 unspecified atom stereocenters. The highest BCUT2D eigenvalue weighted by Gasteiger charge is 2.38. The molecule has 0 aromatic carbocycles. The Morgan fingerprint density at radius 1 is 1.21 bits per heavy atom. The Hall–Kier alpha value is -0.0831. The van der Waals surface area contributed by atoms with Crippen LogP contribution in [0.3, 0.4) is 0 Å². The summed E-state index contributed by atoms with van der Waals surface area (Å²) in [6, 6.07) is 0. The largest absolute Gasteiger partial charge is 0.414 e. The maximum Gasteiger partial charge on any atom is 0.192 e. The lowest BCUT2D eigenvalue weighted by Gasteiger charge is -2.39. The van der Waals surface area contributed by atoms with Crippen LogP contribution < -0.4 is 0 Å². The van der Waals surface area contributed by atoms with Crippen molar-refractivity contribution in [1.29, 1.82) is 0 Å². The molecule has 82 valence electrons. The molecular weight excluding hydrogens is 188 g/mol. The molecule has 0 radical (unpaired) electrons. The smallest absolute Gasteiger partial charge is 0.192 e. The van der Waals surface area contributed by atoms with Gasteiger partial charge in [0, 0.05) is 6.10 Å². The Balaban J connectivity index is 2.54. The third-order valence-electron chi connectivity index (χ3n) is 3.49. The van der Waals surface area contributed by atoms with Crippen LogP contribution in [0.4, 0.5) is 0 Å². The molecule has 14 heavy (non-hydrogen) atoms. The number of allylic oxidation sites excluding steroid dienone is 1.